The topological polar surface area (TPSA) is 54.3 Å². The minimum Gasteiger partial charge on any atom is -0.507 e. The second-order valence-electron chi connectivity index (χ2n) is 7.09. The molecule has 5 nitrogen and oxygen atoms in total. The highest BCUT2D eigenvalue weighted by atomic mass is 35.5. The fourth-order valence-electron chi connectivity index (χ4n) is 3.92. The van der Waals surface area contributed by atoms with Crippen LogP contribution in [0.5, 0.6) is 17.2 Å². The van der Waals surface area contributed by atoms with E-state index >= 15 is 0 Å². The molecule has 0 saturated heterocycles. The SMILES string of the molecule is COc1ccc(C2=NN3C(C2)c2ccccc2OC3c2cc(Cl)ccc2O)cc1. The summed E-state index contributed by atoms with van der Waals surface area (Å²) >= 11 is 6.20. The molecule has 5 rings (SSSR count). The van der Waals surface area contributed by atoms with Gasteiger partial charge in [-0.2, -0.15) is 5.10 Å². The van der Waals surface area contributed by atoms with E-state index in [1.54, 1.807) is 25.3 Å². The Kier molecular flexibility index (Phi) is 4.32. The fraction of sp³-hybridized carbons (Fsp3) is 0.174. The van der Waals surface area contributed by atoms with E-state index in [1.807, 2.05) is 47.5 Å². The summed E-state index contributed by atoms with van der Waals surface area (Å²) in [5.41, 5.74) is 3.67. The monoisotopic (exact) mass is 406 g/mol. The highest BCUT2D eigenvalue weighted by Crippen LogP contribution is 2.48. The Labute approximate surface area is 173 Å². The molecule has 6 heteroatoms. The van der Waals surface area contributed by atoms with E-state index in [4.69, 9.17) is 26.2 Å². The Morgan fingerprint density at radius 1 is 1.07 bits per heavy atom. The molecule has 2 aliphatic rings. The first-order valence-corrected chi connectivity index (χ1v) is 9.76. The fourth-order valence-corrected chi connectivity index (χ4v) is 4.10. The molecular weight excluding hydrogens is 388 g/mol. The lowest BCUT2D eigenvalue weighted by molar-refractivity contribution is -0.0203. The number of para-hydroxylation sites is 1. The Morgan fingerprint density at radius 3 is 2.66 bits per heavy atom. The zero-order valence-corrected chi connectivity index (χ0v) is 16.5. The van der Waals surface area contributed by atoms with Gasteiger partial charge < -0.3 is 14.6 Å². The number of halogens is 1. The first-order valence-electron chi connectivity index (χ1n) is 9.38. The molecule has 29 heavy (non-hydrogen) atoms. The molecule has 2 atom stereocenters. The van der Waals surface area contributed by atoms with E-state index in [9.17, 15) is 5.11 Å². The first kappa shape index (κ1) is 17.9. The Morgan fingerprint density at radius 2 is 1.86 bits per heavy atom. The number of phenolic OH excluding ortho intramolecular Hbond substituents is 1. The second-order valence-corrected chi connectivity index (χ2v) is 7.52. The third-order valence-corrected chi connectivity index (χ3v) is 5.61. The van der Waals surface area contributed by atoms with Gasteiger partial charge in [0.1, 0.15) is 17.2 Å². The van der Waals surface area contributed by atoms with Gasteiger partial charge in [0.25, 0.3) is 0 Å². The molecule has 3 aromatic carbocycles. The predicted octanol–water partition coefficient (Wildman–Crippen LogP) is 5.30. The van der Waals surface area contributed by atoms with E-state index in [-0.39, 0.29) is 11.8 Å². The van der Waals surface area contributed by atoms with Crippen molar-refractivity contribution in [2.75, 3.05) is 7.11 Å². The lowest BCUT2D eigenvalue weighted by atomic mass is 9.96. The zero-order chi connectivity index (χ0) is 20.0. The smallest absolute Gasteiger partial charge is 0.217 e. The normalized spacial score (nSPS) is 19.8. The average molecular weight is 407 g/mol. The van der Waals surface area contributed by atoms with Crippen LogP contribution in [-0.4, -0.2) is 22.9 Å². The summed E-state index contributed by atoms with van der Waals surface area (Å²) in [5, 5.41) is 17.8. The number of phenols is 1. The molecule has 2 unspecified atom stereocenters. The number of rotatable bonds is 3. The molecule has 3 aromatic rings. The van der Waals surface area contributed by atoms with Crippen LogP contribution < -0.4 is 9.47 Å². The van der Waals surface area contributed by atoms with Crippen molar-refractivity contribution < 1.29 is 14.6 Å². The summed E-state index contributed by atoms with van der Waals surface area (Å²) in [6.07, 6.45) is 0.175. The van der Waals surface area contributed by atoms with Crippen molar-refractivity contribution in [3.63, 3.8) is 0 Å². The van der Waals surface area contributed by atoms with Crippen LogP contribution in [0.4, 0.5) is 0 Å². The summed E-state index contributed by atoms with van der Waals surface area (Å²) in [7, 11) is 1.65. The Hall–Kier alpha value is -3.18. The molecule has 2 heterocycles. The standard InChI is InChI=1S/C23H19ClN2O3/c1-28-16-9-6-14(7-10-16)19-13-20-17-4-2-3-5-22(17)29-23(26(20)25-19)18-12-15(24)8-11-21(18)27/h2-12,20,23,27H,13H2,1H3. The van der Waals surface area contributed by atoms with Gasteiger partial charge in [-0.3, -0.25) is 0 Å². The maximum Gasteiger partial charge on any atom is 0.217 e. The van der Waals surface area contributed by atoms with Crippen LogP contribution in [0.15, 0.2) is 71.8 Å². The van der Waals surface area contributed by atoms with Crippen LogP contribution in [0.25, 0.3) is 0 Å². The van der Waals surface area contributed by atoms with E-state index < -0.39 is 6.23 Å². The van der Waals surface area contributed by atoms with Crippen LogP contribution in [0.1, 0.15) is 35.4 Å². The van der Waals surface area contributed by atoms with Crippen LogP contribution >= 0.6 is 11.6 Å². The predicted molar refractivity (Wildman–Crippen MR) is 112 cm³/mol. The van der Waals surface area contributed by atoms with E-state index in [1.165, 1.54) is 0 Å². The molecule has 0 bridgehead atoms. The number of benzene rings is 3. The molecule has 146 valence electrons. The zero-order valence-electron chi connectivity index (χ0n) is 15.7. The largest absolute Gasteiger partial charge is 0.507 e. The highest BCUT2D eigenvalue weighted by molar-refractivity contribution is 6.30. The lowest BCUT2D eigenvalue weighted by Crippen LogP contribution is -2.33. The maximum atomic E-state index is 10.5. The van der Waals surface area contributed by atoms with Crippen molar-refractivity contribution >= 4 is 17.3 Å². The molecular formula is C23H19ClN2O3. The number of hydrogen-bond acceptors (Lipinski definition) is 5. The third kappa shape index (κ3) is 3.08. The van der Waals surface area contributed by atoms with Crippen LogP contribution in [0, 0.1) is 0 Å². The van der Waals surface area contributed by atoms with E-state index in [2.05, 4.69) is 6.07 Å². The van der Waals surface area contributed by atoms with Crippen molar-refractivity contribution in [3.8, 4) is 17.2 Å². The van der Waals surface area contributed by atoms with Gasteiger partial charge in [0.15, 0.2) is 0 Å². The summed E-state index contributed by atoms with van der Waals surface area (Å²) in [4.78, 5) is 0. The summed E-state index contributed by atoms with van der Waals surface area (Å²) in [6.45, 7) is 0. The van der Waals surface area contributed by atoms with Gasteiger partial charge in [0.2, 0.25) is 6.23 Å². The summed E-state index contributed by atoms with van der Waals surface area (Å²) < 4.78 is 11.5. The molecule has 0 aliphatic carbocycles. The van der Waals surface area contributed by atoms with Crippen LogP contribution in [0.2, 0.25) is 5.02 Å². The minimum atomic E-state index is -0.565. The second kappa shape index (κ2) is 7.01. The molecule has 0 radical (unpaired) electrons. The number of fused-ring (bicyclic) bond motifs is 3. The quantitative estimate of drug-likeness (QED) is 0.641. The third-order valence-electron chi connectivity index (χ3n) is 5.38. The number of methoxy groups -OCH3 is 1. The van der Waals surface area contributed by atoms with Crippen molar-refractivity contribution in [2.24, 2.45) is 5.10 Å². The van der Waals surface area contributed by atoms with Crippen LogP contribution in [0.3, 0.4) is 0 Å². The van der Waals surface area contributed by atoms with Crippen molar-refractivity contribution in [2.45, 2.75) is 18.7 Å². The van der Waals surface area contributed by atoms with Gasteiger partial charge in [-0.1, -0.05) is 29.8 Å². The maximum absolute atomic E-state index is 10.5. The van der Waals surface area contributed by atoms with Gasteiger partial charge >= 0.3 is 0 Å². The van der Waals surface area contributed by atoms with Crippen molar-refractivity contribution in [1.82, 2.24) is 5.01 Å². The van der Waals surface area contributed by atoms with Crippen molar-refractivity contribution in [1.29, 1.82) is 0 Å². The molecule has 0 fully saturated rings. The number of ether oxygens (including phenoxy) is 2. The number of hydrazone groups is 1. The van der Waals surface area contributed by atoms with E-state index in [0.717, 1.165) is 34.8 Å². The summed E-state index contributed by atoms with van der Waals surface area (Å²) in [6, 6.07) is 20.8. The summed E-state index contributed by atoms with van der Waals surface area (Å²) in [5.74, 6) is 1.73. The Balaban J connectivity index is 1.59. The van der Waals surface area contributed by atoms with Gasteiger partial charge in [-0.15, -0.1) is 0 Å². The van der Waals surface area contributed by atoms with Gasteiger partial charge in [0, 0.05) is 17.0 Å². The van der Waals surface area contributed by atoms with Gasteiger partial charge in [0.05, 0.1) is 24.4 Å². The minimum absolute atomic E-state index is 0.0143. The van der Waals surface area contributed by atoms with Gasteiger partial charge in [-0.05, 0) is 54.1 Å². The number of nitrogens with zero attached hydrogens (tertiary/aromatic N) is 2. The molecule has 0 aromatic heterocycles. The van der Waals surface area contributed by atoms with Crippen molar-refractivity contribution in [3.05, 3.63) is 88.4 Å². The number of aromatic hydroxyl groups is 1. The molecule has 0 saturated carbocycles. The highest BCUT2D eigenvalue weighted by Gasteiger charge is 2.41. The number of hydrogen-bond donors (Lipinski definition) is 1. The lowest BCUT2D eigenvalue weighted by Gasteiger charge is -2.38. The average Bonchev–Trinajstić information content (AvgIpc) is 3.21. The molecule has 0 amide bonds. The Bertz CT molecular complexity index is 1100. The first-order chi connectivity index (χ1) is 14.1. The molecule has 0 spiro atoms. The molecule has 1 N–H and O–H groups in total. The van der Waals surface area contributed by atoms with E-state index in [0.29, 0.717) is 10.6 Å². The molecule has 2 aliphatic heterocycles. The van der Waals surface area contributed by atoms with Gasteiger partial charge in [-0.25, -0.2) is 5.01 Å². The van der Waals surface area contributed by atoms with Crippen LogP contribution in [-0.2, 0) is 0 Å².